The topological polar surface area (TPSA) is 95.3 Å². The minimum absolute atomic E-state index is 0.301. The minimum Gasteiger partial charge on any atom is -0.465 e. The highest BCUT2D eigenvalue weighted by molar-refractivity contribution is 8.00. The number of benzene rings is 1. The Morgan fingerprint density at radius 3 is 2.64 bits per heavy atom. The number of fused-ring (bicyclic) bond motifs is 1. The fraction of sp³-hybridized carbons (Fsp3) is 0.375. The van der Waals surface area contributed by atoms with Gasteiger partial charge in [0, 0.05) is 0 Å². The third-order valence-corrected chi connectivity index (χ3v) is 5.00. The zero-order valence-electron chi connectivity index (χ0n) is 14.1. The normalized spacial score (nSPS) is 18.8. The molecule has 1 aliphatic rings. The summed E-state index contributed by atoms with van der Waals surface area (Å²) in [5.74, 6) is -0.0358. The van der Waals surface area contributed by atoms with Gasteiger partial charge in [0.2, 0.25) is 5.16 Å². The number of rotatable bonds is 4. The van der Waals surface area contributed by atoms with Crippen LogP contribution in [0.25, 0.3) is 0 Å². The molecule has 0 saturated carbocycles. The van der Waals surface area contributed by atoms with Gasteiger partial charge in [0.1, 0.15) is 11.1 Å². The van der Waals surface area contributed by atoms with Crippen molar-refractivity contribution in [2.75, 3.05) is 19.1 Å². The third kappa shape index (κ3) is 3.32. The van der Waals surface area contributed by atoms with Crippen molar-refractivity contribution in [2.45, 2.75) is 30.3 Å². The highest BCUT2D eigenvalue weighted by atomic mass is 32.2. The Hall–Kier alpha value is -2.55. The van der Waals surface area contributed by atoms with Gasteiger partial charge in [-0.3, -0.25) is 4.79 Å². The molecule has 25 heavy (non-hydrogen) atoms. The molecule has 2 atom stereocenters. The molecular formula is C16H18N4O4S. The molecule has 2 heterocycles. The zero-order valence-corrected chi connectivity index (χ0v) is 14.9. The van der Waals surface area contributed by atoms with Crippen LogP contribution < -0.4 is 5.43 Å². The molecular weight excluding hydrogens is 344 g/mol. The number of thioether (sulfide) groups is 1. The molecule has 2 aromatic rings. The number of methoxy groups -OCH3 is 1. The molecule has 1 N–H and O–H groups in total. The zero-order chi connectivity index (χ0) is 18.0. The number of carbonyl (C=O) groups excluding carboxylic acids is 2. The Morgan fingerprint density at radius 2 is 2.00 bits per heavy atom. The average molecular weight is 362 g/mol. The number of carbonyl (C=O) groups is 2. The van der Waals surface area contributed by atoms with E-state index in [4.69, 9.17) is 9.47 Å². The molecule has 0 spiro atoms. The van der Waals surface area contributed by atoms with Crippen molar-refractivity contribution in [3.63, 3.8) is 0 Å². The number of hydrogen-bond donors (Lipinski definition) is 1. The van der Waals surface area contributed by atoms with Gasteiger partial charge in [0.25, 0.3) is 0 Å². The first-order valence-corrected chi connectivity index (χ1v) is 8.63. The molecule has 0 bridgehead atoms. The fourth-order valence-electron chi connectivity index (χ4n) is 2.56. The summed E-state index contributed by atoms with van der Waals surface area (Å²) in [6.07, 6.45) is 0. The molecule has 0 radical (unpaired) electrons. The van der Waals surface area contributed by atoms with Crippen molar-refractivity contribution in [1.82, 2.24) is 14.9 Å². The molecule has 132 valence electrons. The second kappa shape index (κ2) is 7.14. The minimum atomic E-state index is -0.514. The summed E-state index contributed by atoms with van der Waals surface area (Å²) in [4.78, 5) is 24.0. The number of nitrogens with one attached hydrogen (secondary N) is 1. The van der Waals surface area contributed by atoms with Crippen LogP contribution in [0.5, 0.6) is 0 Å². The number of aromatic nitrogens is 3. The van der Waals surface area contributed by atoms with Crippen molar-refractivity contribution < 1.29 is 19.1 Å². The van der Waals surface area contributed by atoms with E-state index in [9.17, 15) is 9.59 Å². The molecule has 0 saturated heterocycles. The van der Waals surface area contributed by atoms with Gasteiger partial charge in [0.15, 0.2) is 0 Å². The van der Waals surface area contributed by atoms with Gasteiger partial charge in [-0.25, -0.2) is 9.47 Å². The van der Waals surface area contributed by atoms with Gasteiger partial charge >= 0.3 is 11.9 Å². The fourth-order valence-corrected chi connectivity index (χ4v) is 3.68. The average Bonchev–Trinajstić information content (AvgIpc) is 3.00. The van der Waals surface area contributed by atoms with Crippen molar-refractivity contribution in [3.8, 4) is 0 Å². The first kappa shape index (κ1) is 17.3. The summed E-state index contributed by atoms with van der Waals surface area (Å²) in [7, 11) is 1.34. The lowest BCUT2D eigenvalue weighted by atomic mass is 10.0. The summed E-state index contributed by atoms with van der Waals surface area (Å²) in [6, 6.07) is 6.58. The second-order valence-corrected chi connectivity index (χ2v) is 6.48. The van der Waals surface area contributed by atoms with Gasteiger partial charge in [-0.05, 0) is 31.5 Å². The Morgan fingerprint density at radius 1 is 1.28 bits per heavy atom. The van der Waals surface area contributed by atoms with Crippen LogP contribution >= 0.6 is 11.8 Å². The van der Waals surface area contributed by atoms with Crippen LogP contribution in [0.3, 0.4) is 0 Å². The maximum atomic E-state index is 12.4. The van der Waals surface area contributed by atoms with Crippen molar-refractivity contribution >= 4 is 23.7 Å². The third-order valence-electron chi connectivity index (χ3n) is 3.81. The quantitative estimate of drug-likeness (QED) is 0.821. The Kier molecular flexibility index (Phi) is 4.93. The van der Waals surface area contributed by atoms with Crippen molar-refractivity contribution in [3.05, 3.63) is 41.2 Å². The van der Waals surface area contributed by atoms with Crippen LogP contribution in [0, 0.1) is 6.92 Å². The SMILES string of the molecule is CCOC(=O)[C@@H]1Sc2nnc(C)n2N[C@H]1c1ccc(C(=O)OC)cc1. The monoisotopic (exact) mass is 362 g/mol. The lowest BCUT2D eigenvalue weighted by Crippen LogP contribution is -2.39. The van der Waals surface area contributed by atoms with Gasteiger partial charge in [-0.15, -0.1) is 10.2 Å². The predicted molar refractivity (Wildman–Crippen MR) is 90.9 cm³/mol. The summed E-state index contributed by atoms with van der Waals surface area (Å²) in [5.41, 5.74) is 4.56. The van der Waals surface area contributed by atoms with Crippen LogP contribution in [0.1, 0.15) is 34.7 Å². The van der Waals surface area contributed by atoms with E-state index in [0.29, 0.717) is 23.2 Å². The first-order valence-electron chi connectivity index (χ1n) is 7.75. The van der Waals surface area contributed by atoms with E-state index >= 15 is 0 Å². The van der Waals surface area contributed by atoms with Crippen LogP contribution in [0.15, 0.2) is 29.4 Å². The summed E-state index contributed by atoms with van der Waals surface area (Å²) in [6.45, 7) is 3.90. The van der Waals surface area contributed by atoms with Crippen molar-refractivity contribution in [2.24, 2.45) is 0 Å². The number of nitrogens with zero attached hydrogens (tertiary/aromatic N) is 3. The van der Waals surface area contributed by atoms with Gasteiger partial charge in [-0.1, -0.05) is 23.9 Å². The highest BCUT2D eigenvalue weighted by Crippen LogP contribution is 2.37. The maximum absolute atomic E-state index is 12.4. The number of esters is 2. The highest BCUT2D eigenvalue weighted by Gasteiger charge is 2.38. The van der Waals surface area contributed by atoms with Crippen LogP contribution in [-0.4, -0.2) is 45.8 Å². The molecule has 8 nitrogen and oxygen atoms in total. The summed E-state index contributed by atoms with van der Waals surface area (Å²) in [5, 5.41) is 8.20. The van der Waals surface area contributed by atoms with Crippen molar-refractivity contribution in [1.29, 1.82) is 0 Å². The number of hydrogen-bond acceptors (Lipinski definition) is 8. The lowest BCUT2D eigenvalue weighted by molar-refractivity contribution is -0.142. The molecule has 0 unspecified atom stereocenters. The molecule has 9 heteroatoms. The lowest BCUT2D eigenvalue weighted by Gasteiger charge is -2.32. The maximum Gasteiger partial charge on any atom is 0.337 e. The number of aryl methyl sites for hydroxylation is 1. The summed E-state index contributed by atoms with van der Waals surface area (Å²) < 4.78 is 11.7. The standard InChI is InChI=1S/C16H18N4O4S/c1-4-24-15(22)13-12(19-20-9(2)17-18-16(20)25-13)10-5-7-11(8-6-10)14(21)23-3/h5-8,12-13,19H,4H2,1-3H3/t12-,13+/m0/s1. The second-order valence-electron chi connectivity index (χ2n) is 5.38. The first-order chi connectivity index (χ1) is 12.0. The van der Waals surface area contributed by atoms with E-state index in [-0.39, 0.29) is 12.0 Å². The van der Waals surface area contributed by atoms with Gasteiger partial charge in [0.05, 0.1) is 25.3 Å². The molecule has 0 amide bonds. The van der Waals surface area contributed by atoms with Crippen LogP contribution in [0.4, 0.5) is 0 Å². The predicted octanol–water partition coefficient (Wildman–Crippen LogP) is 1.70. The summed E-state index contributed by atoms with van der Waals surface area (Å²) >= 11 is 1.30. The van der Waals surface area contributed by atoms with Gasteiger partial charge < -0.3 is 14.9 Å². The van der Waals surface area contributed by atoms with E-state index in [1.165, 1.54) is 18.9 Å². The van der Waals surface area contributed by atoms with Gasteiger partial charge in [-0.2, -0.15) is 0 Å². The molecule has 3 rings (SSSR count). The smallest absolute Gasteiger partial charge is 0.337 e. The Balaban J connectivity index is 1.94. The van der Waals surface area contributed by atoms with E-state index in [0.717, 1.165) is 5.56 Å². The van der Waals surface area contributed by atoms with E-state index < -0.39 is 11.2 Å². The molecule has 1 aromatic heterocycles. The molecule has 0 fully saturated rings. The van der Waals surface area contributed by atoms with E-state index in [2.05, 4.69) is 15.6 Å². The van der Waals surface area contributed by atoms with E-state index in [1.54, 1.807) is 35.9 Å². The Labute approximate surface area is 148 Å². The molecule has 1 aromatic carbocycles. The number of ether oxygens (including phenoxy) is 2. The van der Waals surface area contributed by atoms with E-state index in [1.807, 2.05) is 6.92 Å². The molecule has 0 aliphatic carbocycles. The largest absolute Gasteiger partial charge is 0.465 e. The Bertz CT molecular complexity index is 790. The molecule has 1 aliphatic heterocycles. The van der Waals surface area contributed by atoms with Crippen LogP contribution in [-0.2, 0) is 14.3 Å². The van der Waals surface area contributed by atoms with Crippen LogP contribution in [0.2, 0.25) is 0 Å².